The first-order chi connectivity index (χ1) is 13.0. The Balaban J connectivity index is 2.51. The van der Waals surface area contributed by atoms with Crippen LogP contribution in [0.4, 0.5) is 0 Å². The van der Waals surface area contributed by atoms with Crippen molar-refractivity contribution < 1.29 is 9.53 Å². The maximum Gasteiger partial charge on any atom is 0.331 e. The molecule has 0 atom stereocenters. The van der Waals surface area contributed by atoms with Crippen LogP contribution in [0.25, 0.3) is 10.9 Å². The maximum absolute atomic E-state index is 13.1. The summed E-state index contributed by atoms with van der Waals surface area (Å²) in [5, 5.41) is 0.442. The molecule has 0 fully saturated rings. The van der Waals surface area contributed by atoms with Crippen molar-refractivity contribution >= 4 is 16.8 Å². The normalized spacial score (nSPS) is 11.3. The van der Waals surface area contributed by atoms with Crippen LogP contribution in [-0.4, -0.2) is 46.2 Å². The summed E-state index contributed by atoms with van der Waals surface area (Å²) in [7, 11) is 1.60. The van der Waals surface area contributed by atoms with E-state index < -0.39 is 5.69 Å². The molecule has 1 aromatic carbocycles. The molecule has 0 spiro atoms. The molecular formula is C20H29N3O4. The molecule has 7 heteroatoms. The van der Waals surface area contributed by atoms with E-state index >= 15 is 0 Å². The standard InChI is InChI=1S/C20H29N3O4/c1-5-15(6-2)22(12-13-27-4)18(24)14-23-17-11-9-8-10-16(17)19(25)21(7-3)20(23)26/h8-11,15H,5-7,12-14H2,1-4H3. The van der Waals surface area contributed by atoms with Crippen molar-refractivity contribution in [2.24, 2.45) is 0 Å². The number of hydrogen-bond donors (Lipinski definition) is 0. The third kappa shape index (κ3) is 4.30. The molecule has 0 N–H and O–H groups in total. The third-order valence-corrected chi connectivity index (χ3v) is 4.98. The molecule has 0 saturated carbocycles. The van der Waals surface area contributed by atoms with Gasteiger partial charge < -0.3 is 9.64 Å². The Kier molecular flexibility index (Phi) is 7.36. The van der Waals surface area contributed by atoms with E-state index in [1.807, 2.05) is 13.8 Å². The zero-order valence-corrected chi connectivity index (χ0v) is 16.6. The Morgan fingerprint density at radius 3 is 2.37 bits per heavy atom. The van der Waals surface area contributed by atoms with Crippen molar-refractivity contribution in [3.63, 3.8) is 0 Å². The SMILES string of the molecule is CCC(CC)N(CCOC)C(=O)Cn1c(=O)n(CC)c(=O)c2ccccc21. The van der Waals surface area contributed by atoms with Gasteiger partial charge >= 0.3 is 5.69 Å². The Morgan fingerprint density at radius 2 is 1.78 bits per heavy atom. The number of fused-ring (bicyclic) bond motifs is 1. The van der Waals surface area contributed by atoms with Gasteiger partial charge in [-0.15, -0.1) is 0 Å². The Labute approximate surface area is 159 Å². The number of hydrogen-bond acceptors (Lipinski definition) is 4. The lowest BCUT2D eigenvalue weighted by Crippen LogP contribution is -2.46. The summed E-state index contributed by atoms with van der Waals surface area (Å²) < 4.78 is 7.73. The van der Waals surface area contributed by atoms with Gasteiger partial charge in [-0.25, -0.2) is 4.79 Å². The number of amides is 1. The van der Waals surface area contributed by atoms with Gasteiger partial charge in [-0.2, -0.15) is 0 Å². The van der Waals surface area contributed by atoms with E-state index in [9.17, 15) is 14.4 Å². The molecule has 1 aromatic heterocycles. The minimum atomic E-state index is -0.453. The number of rotatable bonds is 9. The van der Waals surface area contributed by atoms with Crippen molar-refractivity contribution in [2.45, 2.75) is 52.7 Å². The van der Waals surface area contributed by atoms with Gasteiger partial charge in [0, 0.05) is 26.2 Å². The molecule has 7 nitrogen and oxygen atoms in total. The summed E-state index contributed by atoms with van der Waals surface area (Å²) in [6, 6.07) is 7.01. The van der Waals surface area contributed by atoms with Crippen LogP contribution in [0.1, 0.15) is 33.6 Å². The largest absolute Gasteiger partial charge is 0.383 e. The fourth-order valence-corrected chi connectivity index (χ4v) is 3.46. The predicted molar refractivity (Wildman–Crippen MR) is 106 cm³/mol. The highest BCUT2D eigenvalue weighted by Crippen LogP contribution is 2.12. The number of para-hydroxylation sites is 1. The lowest BCUT2D eigenvalue weighted by Gasteiger charge is -2.31. The number of ether oxygens (including phenoxy) is 1. The summed E-state index contributed by atoms with van der Waals surface area (Å²) in [5.74, 6) is -0.144. The molecule has 1 amide bonds. The molecule has 0 radical (unpaired) electrons. The van der Waals surface area contributed by atoms with Crippen molar-refractivity contribution in [3.8, 4) is 0 Å². The van der Waals surface area contributed by atoms with Crippen LogP contribution in [0.15, 0.2) is 33.9 Å². The summed E-state index contributed by atoms with van der Waals surface area (Å²) in [6.07, 6.45) is 1.66. The number of methoxy groups -OCH3 is 1. The fourth-order valence-electron chi connectivity index (χ4n) is 3.46. The number of benzene rings is 1. The molecule has 0 aliphatic carbocycles. The van der Waals surface area contributed by atoms with E-state index in [1.165, 1.54) is 9.13 Å². The van der Waals surface area contributed by atoms with Crippen LogP contribution in [0, 0.1) is 0 Å². The highest BCUT2D eigenvalue weighted by Gasteiger charge is 2.23. The second kappa shape index (κ2) is 9.50. The number of carbonyl (C=O) groups is 1. The monoisotopic (exact) mass is 375 g/mol. The first-order valence-electron chi connectivity index (χ1n) is 9.50. The number of carbonyl (C=O) groups excluding carboxylic acids is 1. The van der Waals surface area contributed by atoms with Crippen LogP contribution < -0.4 is 11.2 Å². The molecule has 0 bridgehead atoms. The first kappa shape index (κ1) is 20.9. The molecule has 0 aliphatic heterocycles. The van der Waals surface area contributed by atoms with E-state index in [4.69, 9.17) is 4.74 Å². The summed E-state index contributed by atoms with van der Waals surface area (Å²) in [6.45, 7) is 6.91. The Hall–Kier alpha value is -2.41. The quantitative estimate of drug-likeness (QED) is 0.670. The van der Waals surface area contributed by atoms with Gasteiger partial charge in [-0.1, -0.05) is 26.0 Å². The zero-order chi connectivity index (χ0) is 20.0. The van der Waals surface area contributed by atoms with E-state index in [2.05, 4.69) is 0 Å². The van der Waals surface area contributed by atoms with Gasteiger partial charge in [-0.05, 0) is 31.9 Å². The predicted octanol–water partition coefficient (Wildman–Crippen LogP) is 1.85. The van der Waals surface area contributed by atoms with Crippen LogP contribution in [-0.2, 0) is 22.6 Å². The van der Waals surface area contributed by atoms with Crippen LogP contribution in [0.5, 0.6) is 0 Å². The van der Waals surface area contributed by atoms with E-state index in [0.717, 1.165) is 12.8 Å². The van der Waals surface area contributed by atoms with Gasteiger partial charge in [0.1, 0.15) is 6.54 Å². The van der Waals surface area contributed by atoms with E-state index in [0.29, 0.717) is 24.1 Å². The van der Waals surface area contributed by atoms with E-state index in [1.54, 1.807) is 43.2 Å². The lowest BCUT2D eigenvalue weighted by molar-refractivity contribution is -0.135. The molecule has 0 aliphatic rings. The van der Waals surface area contributed by atoms with Crippen molar-refractivity contribution in [1.29, 1.82) is 0 Å². The highest BCUT2D eigenvalue weighted by molar-refractivity contribution is 5.81. The molecule has 1 heterocycles. The van der Waals surface area contributed by atoms with Crippen molar-refractivity contribution in [3.05, 3.63) is 45.1 Å². The molecule has 0 saturated heterocycles. The maximum atomic E-state index is 13.1. The zero-order valence-electron chi connectivity index (χ0n) is 16.6. The van der Waals surface area contributed by atoms with Crippen LogP contribution in [0.3, 0.4) is 0 Å². The smallest absolute Gasteiger partial charge is 0.331 e. The molecule has 27 heavy (non-hydrogen) atoms. The number of nitrogens with zero attached hydrogens (tertiary/aromatic N) is 3. The molecule has 148 valence electrons. The summed E-state index contributed by atoms with van der Waals surface area (Å²) in [5.41, 5.74) is -0.286. The highest BCUT2D eigenvalue weighted by atomic mass is 16.5. The van der Waals surface area contributed by atoms with Gasteiger partial charge in [0.15, 0.2) is 0 Å². The lowest BCUT2D eigenvalue weighted by atomic mass is 10.1. The third-order valence-electron chi connectivity index (χ3n) is 4.98. The van der Waals surface area contributed by atoms with Crippen molar-refractivity contribution in [2.75, 3.05) is 20.3 Å². The Bertz CT molecular complexity index is 896. The molecule has 2 aromatic rings. The Morgan fingerprint density at radius 1 is 1.11 bits per heavy atom. The second-order valence-electron chi connectivity index (χ2n) is 6.49. The molecule has 2 rings (SSSR count). The van der Waals surface area contributed by atoms with Gasteiger partial charge in [0.25, 0.3) is 5.56 Å². The molecule has 0 unspecified atom stereocenters. The van der Waals surface area contributed by atoms with Crippen LogP contribution >= 0.6 is 0 Å². The summed E-state index contributed by atoms with van der Waals surface area (Å²) in [4.78, 5) is 40.2. The van der Waals surface area contributed by atoms with Gasteiger partial charge in [0.05, 0.1) is 17.5 Å². The topological polar surface area (TPSA) is 73.5 Å². The molecular weight excluding hydrogens is 346 g/mol. The minimum Gasteiger partial charge on any atom is -0.383 e. The average molecular weight is 375 g/mol. The average Bonchev–Trinajstić information content (AvgIpc) is 2.68. The number of aromatic nitrogens is 2. The van der Waals surface area contributed by atoms with Crippen LogP contribution in [0.2, 0.25) is 0 Å². The van der Waals surface area contributed by atoms with Crippen molar-refractivity contribution in [1.82, 2.24) is 14.0 Å². The van der Waals surface area contributed by atoms with E-state index in [-0.39, 0.29) is 30.6 Å². The first-order valence-corrected chi connectivity index (χ1v) is 9.50. The summed E-state index contributed by atoms with van der Waals surface area (Å²) >= 11 is 0. The van der Waals surface area contributed by atoms with Gasteiger partial charge in [0.2, 0.25) is 5.91 Å². The fraction of sp³-hybridized carbons (Fsp3) is 0.550. The minimum absolute atomic E-state index is 0.0895. The second-order valence-corrected chi connectivity index (χ2v) is 6.49. The van der Waals surface area contributed by atoms with Gasteiger partial charge in [-0.3, -0.25) is 18.7 Å².